The third-order valence-corrected chi connectivity index (χ3v) is 5.50. The van der Waals surface area contributed by atoms with E-state index in [2.05, 4.69) is 5.10 Å². The van der Waals surface area contributed by atoms with Crippen molar-refractivity contribution in [3.8, 4) is 17.4 Å². The molecule has 0 bridgehead atoms. The number of aromatic hydroxyl groups is 1. The van der Waals surface area contributed by atoms with Gasteiger partial charge in [-0.25, -0.2) is 5.01 Å². The average Bonchev–Trinajstić information content (AvgIpc) is 3.15. The van der Waals surface area contributed by atoms with Crippen molar-refractivity contribution in [2.75, 3.05) is 14.2 Å². The van der Waals surface area contributed by atoms with Gasteiger partial charge in [-0.3, -0.25) is 18.7 Å². The first-order valence-corrected chi connectivity index (χ1v) is 9.20. The van der Waals surface area contributed by atoms with E-state index < -0.39 is 11.6 Å². The summed E-state index contributed by atoms with van der Waals surface area (Å²) in [6.07, 6.45) is 0.211. The summed E-state index contributed by atoms with van der Waals surface area (Å²) in [6, 6.07) is 4.74. The molecule has 10 heteroatoms. The lowest BCUT2D eigenvalue weighted by atomic mass is 9.98. The molecule has 1 aromatic carbocycles. The summed E-state index contributed by atoms with van der Waals surface area (Å²) >= 11 is 5.16. The zero-order valence-corrected chi connectivity index (χ0v) is 17.6. The predicted octanol–water partition coefficient (Wildman–Crippen LogP) is 1.87. The quantitative estimate of drug-likeness (QED) is 0.762. The minimum Gasteiger partial charge on any atom is -0.497 e. The Labute approximate surface area is 172 Å². The van der Waals surface area contributed by atoms with E-state index in [0.29, 0.717) is 22.8 Å². The average molecular weight is 418 g/mol. The lowest BCUT2D eigenvalue weighted by molar-refractivity contribution is -0.130. The van der Waals surface area contributed by atoms with Gasteiger partial charge in [0, 0.05) is 33.0 Å². The predicted molar refractivity (Wildman–Crippen MR) is 109 cm³/mol. The Morgan fingerprint density at radius 1 is 1.24 bits per heavy atom. The molecule has 154 valence electrons. The van der Waals surface area contributed by atoms with Crippen molar-refractivity contribution < 1.29 is 19.4 Å². The molecule has 1 atom stereocenters. The van der Waals surface area contributed by atoms with Crippen molar-refractivity contribution in [1.29, 1.82) is 0 Å². The van der Waals surface area contributed by atoms with Gasteiger partial charge in [-0.15, -0.1) is 0 Å². The van der Waals surface area contributed by atoms with Crippen LogP contribution in [0.3, 0.4) is 0 Å². The molecule has 1 aliphatic heterocycles. The summed E-state index contributed by atoms with van der Waals surface area (Å²) in [6.45, 7) is 1.39. The SMILES string of the molecule is COc1ccc(OC)c(C2CC(c3c(O)n(C)c(=S)n(C)c3=O)=NN2C(C)=O)c1. The number of ether oxygens (including phenoxy) is 2. The summed E-state index contributed by atoms with van der Waals surface area (Å²) in [5.74, 6) is 0.550. The molecule has 9 nitrogen and oxygen atoms in total. The smallest absolute Gasteiger partial charge is 0.267 e. The van der Waals surface area contributed by atoms with Gasteiger partial charge in [0.15, 0.2) is 4.77 Å². The van der Waals surface area contributed by atoms with Crippen LogP contribution in [0.15, 0.2) is 28.1 Å². The van der Waals surface area contributed by atoms with Gasteiger partial charge in [-0.05, 0) is 30.4 Å². The molecule has 1 aromatic heterocycles. The molecule has 1 N–H and O–H groups in total. The fraction of sp³-hybridized carbons (Fsp3) is 0.368. The van der Waals surface area contributed by atoms with Crippen molar-refractivity contribution in [3.63, 3.8) is 0 Å². The maximum atomic E-state index is 12.8. The van der Waals surface area contributed by atoms with Gasteiger partial charge in [-0.2, -0.15) is 5.10 Å². The number of hydrogen-bond donors (Lipinski definition) is 1. The summed E-state index contributed by atoms with van der Waals surface area (Å²) in [7, 11) is 6.16. The summed E-state index contributed by atoms with van der Waals surface area (Å²) in [5, 5.41) is 16.2. The lowest BCUT2D eigenvalue weighted by Gasteiger charge is -2.22. The van der Waals surface area contributed by atoms with Crippen LogP contribution in [0.1, 0.15) is 30.5 Å². The number of carbonyl (C=O) groups is 1. The third-order valence-electron chi connectivity index (χ3n) is 4.95. The summed E-state index contributed by atoms with van der Waals surface area (Å²) < 4.78 is 13.5. The Morgan fingerprint density at radius 3 is 2.52 bits per heavy atom. The fourth-order valence-corrected chi connectivity index (χ4v) is 3.55. The highest BCUT2D eigenvalue weighted by Gasteiger charge is 2.36. The molecule has 0 radical (unpaired) electrons. The Morgan fingerprint density at radius 2 is 1.93 bits per heavy atom. The van der Waals surface area contributed by atoms with Gasteiger partial charge in [0.05, 0.1) is 26.0 Å². The molecule has 2 aromatic rings. The first-order chi connectivity index (χ1) is 13.7. The van der Waals surface area contributed by atoms with Crippen LogP contribution in [0.5, 0.6) is 17.4 Å². The molecule has 1 aliphatic rings. The fourth-order valence-electron chi connectivity index (χ4n) is 3.38. The molecule has 0 aliphatic carbocycles. The first-order valence-electron chi connectivity index (χ1n) is 8.79. The summed E-state index contributed by atoms with van der Waals surface area (Å²) in [4.78, 5) is 25.1. The van der Waals surface area contributed by atoms with E-state index in [4.69, 9.17) is 21.7 Å². The number of benzene rings is 1. The van der Waals surface area contributed by atoms with Crippen molar-refractivity contribution >= 4 is 23.8 Å². The van der Waals surface area contributed by atoms with E-state index in [-0.39, 0.29) is 28.5 Å². The second-order valence-corrected chi connectivity index (χ2v) is 7.01. The highest BCUT2D eigenvalue weighted by molar-refractivity contribution is 7.71. The van der Waals surface area contributed by atoms with Crippen LogP contribution >= 0.6 is 12.2 Å². The van der Waals surface area contributed by atoms with Gasteiger partial charge in [0.2, 0.25) is 11.8 Å². The molecular formula is C19H22N4O5S. The molecular weight excluding hydrogens is 396 g/mol. The number of rotatable bonds is 4. The van der Waals surface area contributed by atoms with Crippen LogP contribution in [-0.4, -0.2) is 45.1 Å². The number of hydrogen-bond acceptors (Lipinski definition) is 7. The van der Waals surface area contributed by atoms with Gasteiger partial charge in [0.25, 0.3) is 5.56 Å². The molecule has 0 fully saturated rings. The number of methoxy groups -OCH3 is 2. The van der Waals surface area contributed by atoms with Crippen LogP contribution in [0.4, 0.5) is 0 Å². The Hall–Kier alpha value is -3.14. The number of hydrazone groups is 1. The third kappa shape index (κ3) is 3.39. The van der Waals surface area contributed by atoms with Gasteiger partial charge < -0.3 is 14.6 Å². The zero-order chi connectivity index (χ0) is 21.5. The minimum absolute atomic E-state index is 0.0132. The van der Waals surface area contributed by atoms with Gasteiger partial charge in [0.1, 0.15) is 17.1 Å². The summed E-state index contributed by atoms with van der Waals surface area (Å²) in [5.41, 5.74) is 0.505. The van der Waals surface area contributed by atoms with E-state index in [1.54, 1.807) is 32.4 Å². The molecule has 29 heavy (non-hydrogen) atoms. The number of amides is 1. The van der Waals surface area contributed by atoms with E-state index >= 15 is 0 Å². The topological polar surface area (TPSA) is 98.3 Å². The lowest BCUT2D eigenvalue weighted by Crippen LogP contribution is -2.28. The zero-order valence-electron chi connectivity index (χ0n) is 16.8. The normalized spacial score (nSPS) is 16.0. The van der Waals surface area contributed by atoms with E-state index in [1.807, 2.05) is 0 Å². The Balaban J connectivity index is 2.17. The number of carbonyl (C=O) groups excluding carboxylic acids is 1. The maximum Gasteiger partial charge on any atom is 0.267 e. The molecule has 0 saturated carbocycles. The molecule has 0 spiro atoms. The molecule has 0 saturated heterocycles. The van der Waals surface area contributed by atoms with Crippen molar-refractivity contribution in [3.05, 3.63) is 44.5 Å². The standard InChI is InChI=1S/C19H22N4O5S/c1-10(24)23-14(12-8-11(27-4)6-7-15(12)28-5)9-13(20-23)16-17(25)21(2)19(29)22(3)18(16)26/h6-8,14,25H,9H2,1-5H3. The highest BCUT2D eigenvalue weighted by atomic mass is 32.1. The number of aromatic nitrogens is 2. The van der Waals surface area contributed by atoms with E-state index in [1.165, 1.54) is 35.2 Å². The van der Waals surface area contributed by atoms with Crippen LogP contribution in [0, 0.1) is 4.77 Å². The Bertz CT molecular complexity index is 1130. The van der Waals surface area contributed by atoms with Crippen LogP contribution in [0.2, 0.25) is 0 Å². The largest absolute Gasteiger partial charge is 0.497 e. The second kappa shape index (κ2) is 7.70. The minimum atomic E-state index is -0.523. The molecule has 2 heterocycles. The van der Waals surface area contributed by atoms with E-state index in [0.717, 1.165) is 0 Å². The van der Waals surface area contributed by atoms with Crippen LogP contribution in [0.25, 0.3) is 0 Å². The van der Waals surface area contributed by atoms with Gasteiger partial charge in [-0.1, -0.05) is 0 Å². The van der Waals surface area contributed by atoms with Crippen LogP contribution < -0.4 is 15.0 Å². The van der Waals surface area contributed by atoms with Crippen LogP contribution in [-0.2, 0) is 18.9 Å². The van der Waals surface area contributed by atoms with Crippen molar-refractivity contribution in [2.24, 2.45) is 19.2 Å². The second-order valence-electron chi connectivity index (χ2n) is 6.64. The first kappa shape index (κ1) is 20.6. The van der Waals surface area contributed by atoms with E-state index in [9.17, 15) is 14.7 Å². The maximum absolute atomic E-state index is 12.8. The van der Waals surface area contributed by atoms with Crippen molar-refractivity contribution in [2.45, 2.75) is 19.4 Å². The molecule has 1 unspecified atom stereocenters. The Kier molecular flexibility index (Phi) is 5.47. The highest BCUT2D eigenvalue weighted by Crippen LogP contribution is 2.39. The monoisotopic (exact) mass is 418 g/mol. The van der Waals surface area contributed by atoms with Gasteiger partial charge >= 0.3 is 0 Å². The van der Waals surface area contributed by atoms with Crippen molar-refractivity contribution in [1.82, 2.24) is 14.1 Å². The molecule has 3 rings (SSSR count). The molecule has 1 amide bonds. The number of nitrogens with zero attached hydrogens (tertiary/aromatic N) is 4.